The van der Waals surface area contributed by atoms with Gasteiger partial charge in [0.15, 0.2) is 0 Å². The number of hydrogen-bond donors (Lipinski definition) is 0. The summed E-state index contributed by atoms with van der Waals surface area (Å²) in [7, 11) is 1.71. The molecule has 2 rings (SSSR count). The third-order valence-electron chi connectivity index (χ3n) is 3.44. The van der Waals surface area contributed by atoms with Gasteiger partial charge in [0.1, 0.15) is 5.75 Å². The molecule has 0 unspecified atom stereocenters. The van der Waals surface area contributed by atoms with Gasteiger partial charge in [0.25, 0.3) is 0 Å². The van der Waals surface area contributed by atoms with E-state index in [2.05, 4.69) is 52.6 Å². The summed E-state index contributed by atoms with van der Waals surface area (Å²) in [5.74, 6) is 0.880. The summed E-state index contributed by atoms with van der Waals surface area (Å²) >= 11 is 0. The van der Waals surface area contributed by atoms with Crippen LogP contribution in [0.25, 0.3) is 11.0 Å². The van der Waals surface area contributed by atoms with Crippen LogP contribution < -0.4 is 4.74 Å². The predicted molar refractivity (Wildman–Crippen MR) is 83.5 cm³/mol. The van der Waals surface area contributed by atoms with Crippen LogP contribution in [0.4, 0.5) is 0 Å². The maximum Gasteiger partial charge on any atom is 0.124 e. The van der Waals surface area contributed by atoms with E-state index < -0.39 is 0 Å². The average Bonchev–Trinajstić information content (AvgIpc) is 2.34. The van der Waals surface area contributed by atoms with Crippen LogP contribution in [0.3, 0.4) is 0 Å². The molecule has 1 heterocycles. The van der Waals surface area contributed by atoms with Crippen molar-refractivity contribution in [1.29, 1.82) is 0 Å². The van der Waals surface area contributed by atoms with E-state index >= 15 is 0 Å². The molecule has 0 N–H and O–H groups in total. The van der Waals surface area contributed by atoms with Gasteiger partial charge in [-0.2, -0.15) is 0 Å². The lowest BCUT2D eigenvalue weighted by molar-refractivity contribution is 0.398. The molecule has 1 aromatic carbocycles. The predicted octanol–water partition coefficient (Wildman–Crippen LogP) is 4.23. The van der Waals surface area contributed by atoms with Crippen LogP contribution in [0.2, 0.25) is 0 Å². The topological polar surface area (TPSA) is 35.0 Å². The summed E-state index contributed by atoms with van der Waals surface area (Å²) in [6.07, 6.45) is 1.88. The molecule has 108 valence electrons. The number of methoxy groups -OCH3 is 1. The maximum atomic E-state index is 5.54. The Morgan fingerprint density at radius 2 is 1.55 bits per heavy atom. The normalized spacial score (nSPS) is 12.8. The molecule has 0 radical (unpaired) electrons. The van der Waals surface area contributed by atoms with Crippen molar-refractivity contribution in [2.75, 3.05) is 7.11 Å². The van der Waals surface area contributed by atoms with Gasteiger partial charge in [0.2, 0.25) is 0 Å². The Labute approximate surface area is 121 Å². The molecule has 0 amide bonds. The van der Waals surface area contributed by atoms with Crippen LogP contribution in [-0.2, 0) is 10.8 Å². The minimum Gasteiger partial charge on any atom is -0.496 e. The second-order valence-corrected chi connectivity index (χ2v) is 7.30. The van der Waals surface area contributed by atoms with Gasteiger partial charge in [0.05, 0.1) is 23.8 Å². The average molecular weight is 272 g/mol. The van der Waals surface area contributed by atoms with E-state index in [-0.39, 0.29) is 10.8 Å². The minimum absolute atomic E-state index is 0.00285. The number of ether oxygens (including phenoxy) is 1. The SMILES string of the molecule is COc1cc2nc(C(C)(C)C)cnc2cc1C(C)(C)C. The number of aromatic nitrogens is 2. The number of rotatable bonds is 1. The van der Waals surface area contributed by atoms with Crippen molar-refractivity contribution in [3.63, 3.8) is 0 Å². The zero-order valence-corrected chi connectivity index (χ0v) is 13.5. The van der Waals surface area contributed by atoms with Crippen molar-refractivity contribution in [3.8, 4) is 5.75 Å². The largest absolute Gasteiger partial charge is 0.496 e. The molecule has 0 aliphatic heterocycles. The van der Waals surface area contributed by atoms with E-state index in [4.69, 9.17) is 9.72 Å². The Kier molecular flexibility index (Phi) is 3.49. The molecular weight excluding hydrogens is 248 g/mol. The van der Waals surface area contributed by atoms with E-state index in [1.807, 2.05) is 12.3 Å². The molecule has 0 atom stereocenters. The molecule has 1 aromatic heterocycles. The maximum absolute atomic E-state index is 5.54. The first-order valence-corrected chi connectivity index (χ1v) is 6.98. The van der Waals surface area contributed by atoms with E-state index in [0.29, 0.717) is 0 Å². The highest BCUT2D eigenvalue weighted by Crippen LogP contribution is 2.34. The molecule has 3 nitrogen and oxygen atoms in total. The molecule has 0 aliphatic rings. The number of fused-ring (bicyclic) bond motifs is 1. The van der Waals surface area contributed by atoms with Crippen LogP contribution in [-0.4, -0.2) is 17.1 Å². The second kappa shape index (κ2) is 4.72. The van der Waals surface area contributed by atoms with Crippen LogP contribution in [0.1, 0.15) is 52.8 Å². The van der Waals surface area contributed by atoms with Gasteiger partial charge in [-0.3, -0.25) is 4.98 Å². The van der Waals surface area contributed by atoms with Crippen molar-refractivity contribution < 1.29 is 4.74 Å². The van der Waals surface area contributed by atoms with Crippen LogP contribution in [0, 0.1) is 0 Å². The molecule has 0 aliphatic carbocycles. The molecular formula is C17H24N2O. The van der Waals surface area contributed by atoms with Crippen molar-refractivity contribution >= 4 is 11.0 Å². The highest BCUT2D eigenvalue weighted by Gasteiger charge is 2.21. The van der Waals surface area contributed by atoms with E-state index in [0.717, 1.165) is 28.0 Å². The lowest BCUT2D eigenvalue weighted by Gasteiger charge is -2.23. The van der Waals surface area contributed by atoms with Crippen molar-refractivity contribution in [2.24, 2.45) is 0 Å². The monoisotopic (exact) mass is 272 g/mol. The highest BCUT2D eigenvalue weighted by molar-refractivity contribution is 5.78. The Morgan fingerprint density at radius 3 is 2.05 bits per heavy atom. The lowest BCUT2D eigenvalue weighted by Crippen LogP contribution is -2.15. The number of benzene rings is 1. The molecule has 0 fully saturated rings. The Morgan fingerprint density at radius 1 is 0.900 bits per heavy atom. The fourth-order valence-electron chi connectivity index (χ4n) is 2.16. The summed E-state index contributed by atoms with van der Waals surface area (Å²) in [6, 6.07) is 4.09. The van der Waals surface area contributed by atoms with Gasteiger partial charge in [-0.25, -0.2) is 4.98 Å². The number of hydrogen-bond acceptors (Lipinski definition) is 3. The minimum atomic E-state index is -0.00285. The van der Waals surface area contributed by atoms with Gasteiger partial charge in [-0.1, -0.05) is 41.5 Å². The molecule has 3 heteroatoms. The Bertz CT molecular complexity index is 634. The first-order valence-electron chi connectivity index (χ1n) is 6.98. The van der Waals surface area contributed by atoms with Gasteiger partial charge in [-0.15, -0.1) is 0 Å². The Balaban J connectivity index is 2.68. The first-order chi connectivity index (χ1) is 9.13. The smallest absolute Gasteiger partial charge is 0.124 e. The summed E-state index contributed by atoms with van der Waals surface area (Å²) in [4.78, 5) is 9.31. The van der Waals surface area contributed by atoms with E-state index in [1.165, 1.54) is 0 Å². The van der Waals surface area contributed by atoms with Crippen LogP contribution in [0.15, 0.2) is 18.3 Å². The Hall–Kier alpha value is -1.64. The van der Waals surface area contributed by atoms with Crippen molar-refractivity contribution in [3.05, 3.63) is 29.6 Å². The first kappa shape index (κ1) is 14.8. The third kappa shape index (κ3) is 2.77. The fraction of sp³-hybridized carbons (Fsp3) is 0.529. The van der Waals surface area contributed by atoms with Gasteiger partial charge in [0, 0.05) is 23.2 Å². The lowest BCUT2D eigenvalue weighted by atomic mass is 9.86. The zero-order valence-electron chi connectivity index (χ0n) is 13.5. The summed E-state index contributed by atoms with van der Waals surface area (Å²) in [6.45, 7) is 13.0. The quantitative estimate of drug-likeness (QED) is 0.779. The van der Waals surface area contributed by atoms with Gasteiger partial charge >= 0.3 is 0 Å². The summed E-state index contributed by atoms with van der Waals surface area (Å²) in [5.41, 5.74) is 3.98. The summed E-state index contributed by atoms with van der Waals surface area (Å²) in [5, 5.41) is 0. The fourth-order valence-corrected chi connectivity index (χ4v) is 2.16. The van der Waals surface area contributed by atoms with E-state index in [1.54, 1.807) is 7.11 Å². The highest BCUT2D eigenvalue weighted by atomic mass is 16.5. The standard InChI is InChI=1S/C17H24N2O/c1-16(2,3)11-8-12-13(9-14(11)20-7)19-15(10-18-12)17(4,5)6/h8-10H,1-7H3. The van der Waals surface area contributed by atoms with Crippen LogP contribution in [0.5, 0.6) is 5.75 Å². The second-order valence-electron chi connectivity index (χ2n) is 7.30. The molecule has 0 saturated heterocycles. The molecule has 0 bridgehead atoms. The van der Waals surface area contributed by atoms with E-state index in [9.17, 15) is 0 Å². The molecule has 0 saturated carbocycles. The zero-order chi connectivity index (χ0) is 15.1. The number of nitrogens with zero attached hydrogens (tertiary/aromatic N) is 2. The molecule has 2 aromatic rings. The van der Waals surface area contributed by atoms with Crippen molar-refractivity contribution in [1.82, 2.24) is 9.97 Å². The summed E-state index contributed by atoms with van der Waals surface area (Å²) < 4.78 is 5.54. The molecule has 0 spiro atoms. The molecule has 20 heavy (non-hydrogen) atoms. The third-order valence-corrected chi connectivity index (χ3v) is 3.44. The van der Waals surface area contributed by atoms with Gasteiger partial charge < -0.3 is 4.74 Å². The van der Waals surface area contributed by atoms with Crippen molar-refractivity contribution in [2.45, 2.75) is 52.4 Å². The van der Waals surface area contributed by atoms with Crippen LogP contribution >= 0.6 is 0 Å². The van der Waals surface area contributed by atoms with Gasteiger partial charge in [-0.05, 0) is 11.5 Å².